The van der Waals surface area contributed by atoms with Crippen molar-refractivity contribution in [3.05, 3.63) is 28.3 Å². The number of halogens is 1. The molecule has 1 aliphatic rings. The lowest BCUT2D eigenvalue weighted by atomic mass is 9.92. The van der Waals surface area contributed by atoms with E-state index in [2.05, 4.69) is 20.2 Å². The molecule has 0 aromatic carbocycles. The molecule has 1 N–H and O–H groups in total. The number of nitrogens with zero attached hydrogens (tertiary/aromatic N) is 3. The molecule has 2 aromatic heterocycles. The predicted octanol–water partition coefficient (Wildman–Crippen LogP) is 1.79. The highest BCUT2D eigenvalue weighted by molar-refractivity contribution is 6.28. The van der Waals surface area contributed by atoms with Crippen molar-refractivity contribution in [2.75, 3.05) is 6.61 Å². The molecule has 8 nitrogen and oxygen atoms in total. The lowest BCUT2D eigenvalue weighted by Crippen LogP contribution is -2.13. The van der Waals surface area contributed by atoms with Crippen LogP contribution in [-0.4, -0.2) is 39.2 Å². The van der Waals surface area contributed by atoms with Gasteiger partial charge in [-0.15, -0.1) is 0 Å². The third-order valence-electron chi connectivity index (χ3n) is 3.83. The Kier molecular flexibility index (Phi) is 4.75. The number of aryl methyl sites for hydroxylation is 1. The van der Waals surface area contributed by atoms with Crippen molar-refractivity contribution in [1.82, 2.24) is 20.2 Å². The van der Waals surface area contributed by atoms with Crippen LogP contribution >= 0.6 is 11.6 Å². The fraction of sp³-hybridized carbons (Fsp3) is 0.400. The molecule has 0 fully saturated rings. The van der Waals surface area contributed by atoms with Crippen LogP contribution < -0.4 is 0 Å². The van der Waals surface area contributed by atoms with Crippen molar-refractivity contribution >= 4 is 24.0 Å². The molecule has 0 saturated heterocycles. The van der Waals surface area contributed by atoms with Crippen molar-refractivity contribution < 1.29 is 19.1 Å². The number of aromatic amines is 1. The van der Waals surface area contributed by atoms with Gasteiger partial charge in [0.1, 0.15) is 11.8 Å². The molecule has 1 atom stereocenters. The number of hydrogen-bond acceptors (Lipinski definition) is 7. The SMILES string of the molecule is CC(=O)OCCC(OC=O)c1[nH]nc2c1CCc1cnc(Cl)nc1-2. The number of esters is 1. The van der Waals surface area contributed by atoms with E-state index < -0.39 is 6.10 Å². The van der Waals surface area contributed by atoms with E-state index in [1.165, 1.54) is 6.92 Å². The summed E-state index contributed by atoms with van der Waals surface area (Å²) in [5.74, 6) is -0.383. The number of fused-ring (bicyclic) bond motifs is 3. The molecule has 9 heteroatoms. The Morgan fingerprint density at radius 3 is 3.04 bits per heavy atom. The molecule has 0 bridgehead atoms. The van der Waals surface area contributed by atoms with E-state index in [9.17, 15) is 9.59 Å². The van der Waals surface area contributed by atoms with Gasteiger partial charge in [0.2, 0.25) is 5.28 Å². The van der Waals surface area contributed by atoms with Gasteiger partial charge in [-0.1, -0.05) is 0 Å². The highest BCUT2D eigenvalue weighted by Gasteiger charge is 2.28. The summed E-state index contributed by atoms with van der Waals surface area (Å²) in [6, 6.07) is 0. The second-order valence-corrected chi connectivity index (χ2v) is 5.67. The first kappa shape index (κ1) is 16.4. The van der Waals surface area contributed by atoms with Crippen molar-refractivity contribution in [2.24, 2.45) is 0 Å². The van der Waals surface area contributed by atoms with Crippen molar-refractivity contribution in [3.63, 3.8) is 0 Å². The molecule has 0 radical (unpaired) electrons. The highest BCUT2D eigenvalue weighted by atomic mass is 35.5. The van der Waals surface area contributed by atoms with E-state index >= 15 is 0 Å². The number of rotatable bonds is 6. The summed E-state index contributed by atoms with van der Waals surface area (Å²) in [5.41, 5.74) is 3.94. The van der Waals surface area contributed by atoms with Crippen LogP contribution in [-0.2, 0) is 31.9 Å². The van der Waals surface area contributed by atoms with Crippen LogP contribution in [0.2, 0.25) is 5.28 Å². The monoisotopic (exact) mass is 350 g/mol. The quantitative estimate of drug-likeness (QED) is 0.480. The highest BCUT2D eigenvalue weighted by Crippen LogP contribution is 2.35. The van der Waals surface area contributed by atoms with Gasteiger partial charge in [0.25, 0.3) is 6.47 Å². The predicted molar refractivity (Wildman–Crippen MR) is 83.2 cm³/mol. The van der Waals surface area contributed by atoms with Crippen LogP contribution in [0.1, 0.15) is 36.3 Å². The van der Waals surface area contributed by atoms with Crippen LogP contribution in [0.4, 0.5) is 0 Å². The van der Waals surface area contributed by atoms with E-state index in [0.29, 0.717) is 36.4 Å². The molecule has 1 aliphatic carbocycles. The van der Waals surface area contributed by atoms with E-state index in [1.807, 2.05) is 0 Å². The molecule has 0 amide bonds. The molecule has 0 spiro atoms. The molecule has 24 heavy (non-hydrogen) atoms. The largest absolute Gasteiger partial charge is 0.466 e. The maximum Gasteiger partial charge on any atom is 0.302 e. The Labute approximate surface area is 142 Å². The number of ether oxygens (including phenoxy) is 2. The number of carbonyl (C=O) groups excluding carboxylic acids is 2. The zero-order chi connectivity index (χ0) is 17.1. The van der Waals surface area contributed by atoms with Gasteiger partial charge in [-0.25, -0.2) is 9.97 Å². The first-order valence-electron chi connectivity index (χ1n) is 7.41. The molecule has 3 rings (SSSR count). The average molecular weight is 351 g/mol. The maximum absolute atomic E-state index is 10.9. The smallest absolute Gasteiger partial charge is 0.302 e. The van der Waals surface area contributed by atoms with Gasteiger partial charge >= 0.3 is 5.97 Å². The van der Waals surface area contributed by atoms with Crippen LogP contribution in [0, 0.1) is 0 Å². The maximum atomic E-state index is 10.9. The lowest BCUT2D eigenvalue weighted by molar-refractivity contribution is -0.142. The Balaban J connectivity index is 1.89. The molecule has 0 aliphatic heterocycles. The van der Waals surface area contributed by atoms with Crippen LogP contribution in [0.5, 0.6) is 0 Å². The van der Waals surface area contributed by atoms with Crippen molar-refractivity contribution in [3.8, 4) is 11.4 Å². The minimum atomic E-state index is -0.572. The summed E-state index contributed by atoms with van der Waals surface area (Å²) in [7, 11) is 0. The molecular formula is C15H15ClN4O4. The molecular weight excluding hydrogens is 336 g/mol. The first-order chi connectivity index (χ1) is 11.6. The minimum Gasteiger partial charge on any atom is -0.466 e. The zero-order valence-electron chi connectivity index (χ0n) is 12.9. The second kappa shape index (κ2) is 6.96. The van der Waals surface area contributed by atoms with E-state index in [1.54, 1.807) is 6.20 Å². The molecule has 2 heterocycles. The number of hydrogen-bond donors (Lipinski definition) is 1. The number of aromatic nitrogens is 4. The topological polar surface area (TPSA) is 107 Å². The number of nitrogens with one attached hydrogen (secondary N) is 1. The summed E-state index contributed by atoms with van der Waals surface area (Å²) < 4.78 is 10.1. The van der Waals surface area contributed by atoms with E-state index in [4.69, 9.17) is 21.1 Å². The van der Waals surface area contributed by atoms with Crippen LogP contribution in [0.3, 0.4) is 0 Å². The lowest BCUT2D eigenvalue weighted by Gasteiger charge is -2.18. The molecule has 126 valence electrons. The standard InChI is InChI=1S/C15H15ClN4O4/c1-8(22)23-5-4-11(24-7-21)13-10-3-2-9-6-17-15(16)18-12(9)14(10)20-19-13/h6-7,11H,2-5H2,1H3,(H,19,20). The average Bonchev–Trinajstić information content (AvgIpc) is 2.98. The summed E-state index contributed by atoms with van der Waals surface area (Å²) >= 11 is 5.88. The summed E-state index contributed by atoms with van der Waals surface area (Å²) in [6.07, 6.45) is 2.92. The van der Waals surface area contributed by atoms with Crippen LogP contribution in [0.15, 0.2) is 6.20 Å². The first-order valence-corrected chi connectivity index (χ1v) is 7.79. The van der Waals surface area contributed by atoms with Crippen molar-refractivity contribution in [1.29, 1.82) is 0 Å². The summed E-state index contributed by atoms with van der Waals surface area (Å²) in [6.45, 7) is 1.85. The fourth-order valence-electron chi connectivity index (χ4n) is 2.78. The summed E-state index contributed by atoms with van der Waals surface area (Å²) in [4.78, 5) is 30.0. The van der Waals surface area contributed by atoms with Gasteiger partial charge in [0, 0.05) is 25.1 Å². The number of carbonyl (C=O) groups is 2. The van der Waals surface area contributed by atoms with E-state index in [-0.39, 0.29) is 17.9 Å². The van der Waals surface area contributed by atoms with E-state index in [0.717, 1.165) is 17.5 Å². The van der Waals surface area contributed by atoms with Gasteiger partial charge in [-0.05, 0) is 30.0 Å². The third kappa shape index (κ3) is 3.23. The molecule has 2 aromatic rings. The number of H-pyrrole nitrogens is 1. The Bertz CT molecular complexity index is 777. The normalized spacial score (nSPS) is 13.6. The van der Waals surface area contributed by atoms with Gasteiger partial charge in [0.05, 0.1) is 18.0 Å². The zero-order valence-corrected chi connectivity index (χ0v) is 13.7. The van der Waals surface area contributed by atoms with Crippen LogP contribution in [0.25, 0.3) is 11.4 Å². The van der Waals surface area contributed by atoms with Gasteiger partial charge < -0.3 is 9.47 Å². The fourth-order valence-corrected chi connectivity index (χ4v) is 2.92. The Morgan fingerprint density at radius 1 is 1.46 bits per heavy atom. The third-order valence-corrected chi connectivity index (χ3v) is 4.01. The van der Waals surface area contributed by atoms with Gasteiger partial charge in [0.15, 0.2) is 0 Å². The minimum absolute atomic E-state index is 0.145. The van der Waals surface area contributed by atoms with Gasteiger partial charge in [-0.3, -0.25) is 14.7 Å². The van der Waals surface area contributed by atoms with Crippen molar-refractivity contribution in [2.45, 2.75) is 32.3 Å². The summed E-state index contributed by atoms with van der Waals surface area (Å²) in [5, 5.41) is 7.38. The second-order valence-electron chi connectivity index (χ2n) is 5.33. The van der Waals surface area contributed by atoms with Gasteiger partial charge in [-0.2, -0.15) is 5.10 Å². The Morgan fingerprint density at radius 2 is 2.29 bits per heavy atom. The Hall–Kier alpha value is -2.48. The molecule has 1 unspecified atom stereocenters. The molecule has 0 saturated carbocycles.